The van der Waals surface area contributed by atoms with Gasteiger partial charge in [-0.05, 0) is 39.3 Å². The van der Waals surface area contributed by atoms with Crippen LogP contribution in [0.25, 0.3) is 0 Å². The van der Waals surface area contributed by atoms with Crippen LogP contribution in [0.4, 0.5) is 0 Å². The predicted octanol–water partition coefficient (Wildman–Crippen LogP) is 2.46. The van der Waals surface area contributed by atoms with E-state index < -0.39 is 0 Å². The van der Waals surface area contributed by atoms with Gasteiger partial charge in [0.1, 0.15) is 0 Å². The SMILES string of the molecule is CC(NCCC(C)(C)N)c1ccccc1. The van der Waals surface area contributed by atoms with Crippen molar-refractivity contribution >= 4 is 0 Å². The molecule has 3 N–H and O–H groups in total. The first-order chi connectivity index (χ1) is 6.99. The van der Waals surface area contributed by atoms with Crippen LogP contribution in [0.3, 0.4) is 0 Å². The predicted molar refractivity (Wildman–Crippen MR) is 65.7 cm³/mol. The zero-order valence-electron chi connectivity index (χ0n) is 9.96. The van der Waals surface area contributed by atoms with Gasteiger partial charge in [-0.3, -0.25) is 0 Å². The molecule has 2 nitrogen and oxygen atoms in total. The lowest BCUT2D eigenvalue weighted by molar-refractivity contribution is 0.437. The first kappa shape index (κ1) is 12.2. The van der Waals surface area contributed by atoms with Crippen molar-refractivity contribution in [2.45, 2.75) is 38.8 Å². The monoisotopic (exact) mass is 206 g/mol. The molecule has 0 heterocycles. The molecule has 0 amide bonds. The third-order valence-electron chi connectivity index (χ3n) is 2.52. The third-order valence-corrected chi connectivity index (χ3v) is 2.52. The standard InChI is InChI=1S/C13H22N2/c1-11(12-7-5-4-6-8-12)15-10-9-13(2,3)14/h4-8,11,15H,9-10,14H2,1-3H3. The van der Waals surface area contributed by atoms with E-state index in [4.69, 9.17) is 5.73 Å². The Bertz CT molecular complexity index is 274. The van der Waals surface area contributed by atoms with E-state index in [0.29, 0.717) is 6.04 Å². The normalized spacial score (nSPS) is 13.9. The van der Waals surface area contributed by atoms with E-state index in [9.17, 15) is 0 Å². The summed E-state index contributed by atoms with van der Waals surface area (Å²) in [5, 5.41) is 3.48. The number of hydrogen-bond acceptors (Lipinski definition) is 2. The molecular formula is C13H22N2. The summed E-state index contributed by atoms with van der Waals surface area (Å²) in [5.41, 5.74) is 7.17. The Morgan fingerprint density at radius 1 is 1.27 bits per heavy atom. The number of nitrogens with one attached hydrogen (secondary N) is 1. The van der Waals surface area contributed by atoms with Crippen LogP contribution >= 0.6 is 0 Å². The maximum absolute atomic E-state index is 5.92. The van der Waals surface area contributed by atoms with E-state index in [1.807, 2.05) is 6.07 Å². The highest BCUT2D eigenvalue weighted by Crippen LogP contribution is 2.11. The van der Waals surface area contributed by atoms with E-state index in [1.165, 1.54) is 5.56 Å². The molecule has 0 fully saturated rings. The topological polar surface area (TPSA) is 38.0 Å². The molecule has 1 aromatic rings. The Morgan fingerprint density at radius 2 is 1.87 bits per heavy atom. The molecule has 0 saturated carbocycles. The minimum Gasteiger partial charge on any atom is -0.326 e. The zero-order valence-corrected chi connectivity index (χ0v) is 9.96. The second-order valence-electron chi connectivity index (χ2n) is 4.83. The summed E-state index contributed by atoms with van der Waals surface area (Å²) in [6, 6.07) is 10.9. The van der Waals surface area contributed by atoms with Gasteiger partial charge in [0.15, 0.2) is 0 Å². The van der Waals surface area contributed by atoms with E-state index in [2.05, 4.69) is 50.4 Å². The van der Waals surface area contributed by atoms with Gasteiger partial charge in [0.05, 0.1) is 0 Å². The molecule has 1 aromatic carbocycles. The van der Waals surface area contributed by atoms with Crippen molar-refractivity contribution in [3.63, 3.8) is 0 Å². The van der Waals surface area contributed by atoms with E-state index in [1.54, 1.807) is 0 Å². The minimum absolute atomic E-state index is 0.0800. The van der Waals surface area contributed by atoms with Gasteiger partial charge in [-0.1, -0.05) is 30.3 Å². The van der Waals surface area contributed by atoms with E-state index in [-0.39, 0.29) is 5.54 Å². The molecule has 15 heavy (non-hydrogen) atoms. The molecule has 0 radical (unpaired) electrons. The molecule has 0 aliphatic rings. The molecule has 0 saturated heterocycles. The van der Waals surface area contributed by atoms with Crippen molar-refractivity contribution in [3.8, 4) is 0 Å². The number of rotatable bonds is 5. The van der Waals surface area contributed by atoms with Gasteiger partial charge in [-0.25, -0.2) is 0 Å². The summed E-state index contributed by atoms with van der Waals surface area (Å²) in [7, 11) is 0. The fourth-order valence-corrected chi connectivity index (χ4v) is 1.47. The van der Waals surface area contributed by atoms with Crippen LogP contribution in [-0.4, -0.2) is 12.1 Å². The van der Waals surface area contributed by atoms with Gasteiger partial charge < -0.3 is 11.1 Å². The summed E-state index contributed by atoms with van der Waals surface area (Å²) >= 11 is 0. The Labute approximate surface area is 92.9 Å². The highest BCUT2D eigenvalue weighted by Gasteiger charge is 2.10. The Morgan fingerprint density at radius 3 is 2.40 bits per heavy atom. The van der Waals surface area contributed by atoms with Gasteiger partial charge in [0.25, 0.3) is 0 Å². The van der Waals surface area contributed by atoms with Gasteiger partial charge in [-0.2, -0.15) is 0 Å². The molecule has 0 spiro atoms. The molecule has 0 aliphatic carbocycles. The molecule has 84 valence electrons. The molecule has 1 rings (SSSR count). The quantitative estimate of drug-likeness (QED) is 0.776. The van der Waals surface area contributed by atoms with Crippen LogP contribution in [0.2, 0.25) is 0 Å². The first-order valence-corrected chi connectivity index (χ1v) is 5.56. The molecule has 2 heteroatoms. The second kappa shape index (κ2) is 5.29. The number of nitrogens with two attached hydrogens (primary N) is 1. The lowest BCUT2D eigenvalue weighted by Gasteiger charge is -2.21. The van der Waals surface area contributed by atoms with E-state index >= 15 is 0 Å². The zero-order chi connectivity index (χ0) is 11.3. The highest BCUT2D eigenvalue weighted by atomic mass is 14.9. The first-order valence-electron chi connectivity index (χ1n) is 5.56. The van der Waals surface area contributed by atoms with Crippen LogP contribution < -0.4 is 11.1 Å². The molecule has 1 unspecified atom stereocenters. The summed E-state index contributed by atoms with van der Waals surface area (Å²) in [6.07, 6.45) is 0.990. The van der Waals surface area contributed by atoms with Crippen LogP contribution in [0.5, 0.6) is 0 Å². The second-order valence-corrected chi connectivity index (χ2v) is 4.83. The van der Waals surface area contributed by atoms with Crippen molar-refractivity contribution in [2.75, 3.05) is 6.54 Å². The Balaban J connectivity index is 2.34. The smallest absolute Gasteiger partial charge is 0.0291 e. The maximum atomic E-state index is 5.92. The number of benzene rings is 1. The van der Waals surface area contributed by atoms with Crippen LogP contribution in [0.15, 0.2) is 30.3 Å². The van der Waals surface area contributed by atoms with Crippen molar-refractivity contribution in [2.24, 2.45) is 5.73 Å². The summed E-state index contributed by atoms with van der Waals surface area (Å²) in [4.78, 5) is 0. The van der Waals surface area contributed by atoms with Crippen molar-refractivity contribution in [3.05, 3.63) is 35.9 Å². The highest BCUT2D eigenvalue weighted by molar-refractivity contribution is 5.17. The molecule has 0 aromatic heterocycles. The molecule has 0 aliphatic heterocycles. The largest absolute Gasteiger partial charge is 0.326 e. The molecule has 0 bridgehead atoms. The van der Waals surface area contributed by atoms with Gasteiger partial charge in [0, 0.05) is 11.6 Å². The van der Waals surface area contributed by atoms with Gasteiger partial charge in [0.2, 0.25) is 0 Å². The number of hydrogen-bond donors (Lipinski definition) is 2. The average molecular weight is 206 g/mol. The summed E-state index contributed by atoms with van der Waals surface area (Å²) in [6.45, 7) is 7.25. The minimum atomic E-state index is -0.0800. The van der Waals surface area contributed by atoms with Crippen LogP contribution in [0, 0.1) is 0 Å². The Hall–Kier alpha value is -0.860. The maximum Gasteiger partial charge on any atom is 0.0291 e. The van der Waals surface area contributed by atoms with Gasteiger partial charge >= 0.3 is 0 Å². The third kappa shape index (κ3) is 4.96. The fraction of sp³-hybridized carbons (Fsp3) is 0.538. The van der Waals surface area contributed by atoms with E-state index in [0.717, 1.165) is 13.0 Å². The summed E-state index contributed by atoms with van der Waals surface area (Å²) in [5.74, 6) is 0. The van der Waals surface area contributed by atoms with Crippen LogP contribution in [-0.2, 0) is 0 Å². The fourth-order valence-electron chi connectivity index (χ4n) is 1.47. The summed E-state index contributed by atoms with van der Waals surface area (Å²) < 4.78 is 0. The lowest BCUT2D eigenvalue weighted by atomic mass is 10.0. The molecule has 1 atom stereocenters. The van der Waals surface area contributed by atoms with Crippen molar-refractivity contribution in [1.82, 2.24) is 5.32 Å². The van der Waals surface area contributed by atoms with Crippen molar-refractivity contribution < 1.29 is 0 Å². The van der Waals surface area contributed by atoms with Gasteiger partial charge in [-0.15, -0.1) is 0 Å². The van der Waals surface area contributed by atoms with Crippen LogP contribution in [0.1, 0.15) is 38.8 Å². The Kier molecular flexibility index (Phi) is 4.30. The molecular weight excluding hydrogens is 184 g/mol. The van der Waals surface area contributed by atoms with Crippen molar-refractivity contribution in [1.29, 1.82) is 0 Å². The average Bonchev–Trinajstić information content (AvgIpc) is 2.17. The lowest BCUT2D eigenvalue weighted by Crippen LogP contribution is -2.36.